The second-order valence-corrected chi connectivity index (χ2v) is 3.58. The van der Waals surface area contributed by atoms with Crippen molar-refractivity contribution in [3.8, 4) is 0 Å². The Bertz CT molecular complexity index is 210. The number of hydrazine groups is 1. The molecule has 0 radical (unpaired) electrons. The molecule has 2 N–H and O–H groups in total. The van der Waals surface area contributed by atoms with Gasteiger partial charge in [-0.15, -0.1) is 0 Å². The number of rotatable bonds is 1. The fraction of sp³-hybridized carbons (Fsp3) is 0.667. The molecular formula is C9H15N3. The molecule has 0 atom stereocenters. The first kappa shape index (κ1) is 7.80. The maximum Gasteiger partial charge on any atom is 0.121 e. The summed E-state index contributed by atoms with van der Waals surface area (Å²) >= 11 is 0. The lowest BCUT2D eigenvalue weighted by Gasteiger charge is -2.44. The van der Waals surface area contributed by atoms with Crippen LogP contribution in [0.3, 0.4) is 0 Å². The Balaban J connectivity index is 2.23. The molecule has 2 aliphatic heterocycles. The molecule has 0 aromatic heterocycles. The molecule has 3 nitrogen and oxygen atoms in total. The van der Waals surface area contributed by atoms with Gasteiger partial charge in [-0.25, -0.2) is 10.8 Å². The average Bonchev–Trinajstić information content (AvgIpc) is 2.12. The molecule has 2 bridgehead atoms. The molecule has 0 aromatic carbocycles. The lowest BCUT2D eigenvalue weighted by molar-refractivity contribution is 0.172. The van der Waals surface area contributed by atoms with E-state index in [1.54, 1.807) is 6.20 Å². The molecular weight excluding hydrogens is 150 g/mol. The van der Waals surface area contributed by atoms with Crippen LogP contribution in [-0.4, -0.2) is 16.9 Å². The summed E-state index contributed by atoms with van der Waals surface area (Å²) < 4.78 is 0. The third-order valence-electron chi connectivity index (χ3n) is 2.94. The van der Waals surface area contributed by atoms with Crippen LogP contribution in [0.1, 0.15) is 25.7 Å². The van der Waals surface area contributed by atoms with Crippen molar-refractivity contribution in [1.82, 2.24) is 5.01 Å². The lowest BCUT2D eigenvalue weighted by Crippen LogP contribution is -2.55. The second-order valence-electron chi connectivity index (χ2n) is 3.58. The topological polar surface area (TPSA) is 41.6 Å². The molecule has 66 valence electrons. The van der Waals surface area contributed by atoms with E-state index in [1.165, 1.54) is 25.7 Å². The van der Waals surface area contributed by atoms with Gasteiger partial charge in [0.2, 0.25) is 0 Å². The molecule has 0 amide bonds. The first-order valence-electron chi connectivity index (χ1n) is 4.55. The van der Waals surface area contributed by atoms with Gasteiger partial charge in [-0.1, -0.05) is 6.58 Å². The highest BCUT2D eigenvalue weighted by molar-refractivity contribution is 5.86. The van der Waals surface area contributed by atoms with E-state index in [4.69, 9.17) is 5.84 Å². The maximum absolute atomic E-state index is 5.90. The lowest BCUT2D eigenvalue weighted by atomic mass is 9.80. The summed E-state index contributed by atoms with van der Waals surface area (Å²) in [5.41, 5.74) is 0. The highest BCUT2D eigenvalue weighted by atomic mass is 15.5. The maximum atomic E-state index is 5.90. The zero-order valence-corrected chi connectivity index (χ0v) is 7.24. The summed E-state index contributed by atoms with van der Waals surface area (Å²) in [5, 5.41) is 1.85. The first-order chi connectivity index (χ1) is 5.83. The number of nitrogens with two attached hydrogens (primary N) is 1. The van der Waals surface area contributed by atoms with Crippen LogP contribution in [0.15, 0.2) is 17.8 Å². The van der Waals surface area contributed by atoms with E-state index in [-0.39, 0.29) is 0 Å². The number of amidine groups is 1. The zero-order chi connectivity index (χ0) is 8.55. The van der Waals surface area contributed by atoms with E-state index in [1.807, 2.05) is 5.01 Å². The molecule has 3 fully saturated rings. The van der Waals surface area contributed by atoms with Gasteiger partial charge in [0.15, 0.2) is 0 Å². The van der Waals surface area contributed by atoms with E-state index >= 15 is 0 Å². The van der Waals surface area contributed by atoms with Gasteiger partial charge in [-0.05, 0) is 25.7 Å². The highest BCUT2D eigenvalue weighted by Gasteiger charge is 2.36. The Hall–Kier alpha value is -0.830. The Labute approximate surface area is 72.9 Å². The van der Waals surface area contributed by atoms with Crippen molar-refractivity contribution in [3.05, 3.63) is 12.8 Å². The van der Waals surface area contributed by atoms with Gasteiger partial charge >= 0.3 is 0 Å². The van der Waals surface area contributed by atoms with E-state index in [0.29, 0.717) is 12.0 Å². The summed E-state index contributed by atoms with van der Waals surface area (Å²) in [4.78, 5) is 4.23. The molecule has 1 saturated carbocycles. The van der Waals surface area contributed by atoms with Gasteiger partial charge in [0.25, 0.3) is 0 Å². The minimum absolute atomic E-state index is 0.536. The van der Waals surface area contributed by atoms with Gasteiger partial charge in [0.1, 0.15) is 5.84 Å². The molecule has 0 aromatic rings. The van der Waals surface area contributed by atoms with E-state index in [2.05, 4.69) is 11.6 Å². The summed E-state index contributed by atoms with van der Waals surface area (Å²) in [6, 6.07) is 0.536. The predicted molar refractivity (Wildman–Crippen MR) is 49.4 cm³/mol. The van der Waals surface area contributed by atoms with Crippen molar-refractivity contribution in [2.45, 2.75) is 31.7 Å². The van der Waals surface area contributed by atoms with Crippen LogP contribution >= 0.6 is 0 Å². The molecule has 12 heavy (non-hydrogen) atoms. The Morgan fingerprint density at radius 3 is 2.58 bits per heavy atom. The average molecular weight is 165 g/mol. The van der Waals surface area contributed by atoms with Crippen LogP contribution < -0.4 is 5.84 Å². The monoisotopic (exact) mass is 165 g/mol. The quantitative estimate of drug-likeness (QED) is 0.595. The molecule has 1 aliphatic carbocycles. The SMILES string of the molecule is C=C/N=C1/C2CCC(CC2)N1N. The van der Waals surface area contributed by atoms with E-state index in [9.17, 15) is 0 Å². The van der Waals surface area contributed by atoms with Crippen molar-refractivity contribution in [2.24, 2.45) is 16.8 Å². The number of piperidine rings is 2. The second kappa shape index (κ2) is 2.90. The van der Waals surface area contributed by atoms with Crippen LogP contribution in [0.25, 0.3) is 0 Å². The fourth-order valence-electron chi connectivity index (χ4n) is 2.28. The normalized spacial score (nSPS) is 37.4. The number of hydrogen-bond acceptors (Lipinski definition) is 2. The number of fused-ring (bicyclic) bond motifs is 3. The molecule has 3 rings (SSSR count). The standard InChI is InChI=1S/C9H15N3/c1-2-11-9-7-3-5-8(6-4-7)12(9)10/h2,7-8H,1,3-6,10H2/b11-9-. The van der Waals surface area contributed by atoms with Crippen LogP contribution in [-0.2, 0) is 0 Å². The van der Waals surface area contributed by atoms with Gasteiger partial charge in [0, 0.05) is 18.2 Å². The van der Waals surface area contributed by atoms with Crippen molar-refractivity contribution < 1.29 is 0 Å². The summed E-state index contributed by atoms with van der Waals surface area (Å²) in [5.74, 6) is 7.55. The number of aliphatic imine (C=N–C) groups is 1. The molecule has 2 saturated heterocycles. The predicted octanol–water partition coefficient (Wildman–Crippen LogP) is 1.28. The molecule has 3 heteroatoms. The van der Waals surface area contributed by atoms with Crippen LogP contribution in [0.2, 0.25) is 0 Å². The van der Waals surface area contributed by atoms with Crippen LogP contribution in [0, 0.1) is 5.92 Å². The first-order valence-corrected chi connectivity index (χ1v) is 4.55. The van der Waals surface area contributed by atoms with Gasteiger partial charge in [-0.2, -0.15) is 0 Å². The summed E-state index contributed by atoms with van der Waals surface area (Å²) in [6.45, 7) is 3.60. The van der Waals surface area contributed by atoms with E-state index in [0.717, 1.165) is 5.84 Å². The van der Waals surface area contributed by atoms with Crippen molar-refractivity contribution in [1.29, 1.82) is 0 Å². The third kappa shape index (κ3) is 1.05. The summed E-state index contributed by atoms with van der Waals surface area (Å²) in [7, 11) is 0. The molecule has 0 unspecified atom stereocenters. The smallest absolute Gasteiger partial charge is 0.121 e. The number of hydrogen-bond donors (Lipinski definition) is 1. The van der Waals surface area contributed by atoms with E-state index < -0.39 is 0 Å². The van der Waals surface area contributed by atoms with Gasteiger partial charge in [0.05, 0.1) is 0 Å². The van der Waals surface area contributed by atoms with Gasteiger partial charge < -0.3 is 0 Å². The van der Waals surface area contributed by atoms with Crippen molar-refractivity contribution in [2.75, 3.05) is 0 Å². The van der Waals surface area contributed by atoms with Gasteiger partial charge in [-0.3, -0.25) is 5.01 Å². The minimum atomic E-state index is 0.536. The molecule has 0 spiro atoms. The fourth-order valence-corrected chi connectivity index (χ4v) is 2.28. The highest BCUT2D eigenvalue weighted by Crippen LogP contribution is 2.34. The largest absolute Gasteiger partial charge is 0.295 e. The Morgan fingerprint density at radius 1 is 1.42 bits per heavy atom. The number of nitrogens with zero attached hydrogens (tertiary/aromatic N) is 2. The summed E-state index contributed by atoms with van der Waals surface area (Å²) in [6.07, 6.45) is 6.57. The Kier molecular flexibility index (Phi) is 1.89. The van der Waals surface area contributed by atoms with Crippen molar-refractivity contribution >= 4 is 5.84 Å². The molecule has 3 aliphatic rings. The zero-order valence-electron chi connectivity index (χ0n) is 7.24. The van der Waals surface area contributed by atoms with Crippen LogP contribution in [0.5, 0.6) is 0 Å². The minimum Gasteiger partial charge on any atom is -0.295 e. The third-order valence-corrected chi connectivity index (χ3v) is 2.94. The Morgan fingerprint density at radius 2 is 2.08 bits per heavy atom. The molecule has 2 heterocycles. The van der Waals surface area contributed by atoms with Crippen LogP contribution in [0.4, 0.5) is 0 Å². The van der Waals surface area contributed by atoms with Crippen molar-refractivity contribution in [3.63, 3.8) is 0 Å².